The number of carbonyl (C=O) groups excluding carboxylic acids is 3. The van der Waals surface area contributed by atoms with Crippen molar-refractivity contribution in [3.8, 4) is 5.75 Å². The Bertz CT molecular complexity index is 686. The third-order valence-electron chi connectivity index (χ3n) is 3.55. The second-order valence-electron chi connectivity index (χ2n) is 6.51. The molecule has 0 atom stereocenters. The van der Waals surface area contributed by atoms with Crippen molar-refractivity contribution in [3.05, 3.63) is 33.7 Å². The van der Waals surface area contributed by atoms with Gasteiger partial charge in [0.05, 0.1) is 23.1 Å². The molecule has 0 heterocycles. The lowest BCUT2D eigenvalue weighted by Crippen LogP contribution is -2.06. The second-order valence-corrected chi connectivity index (χ2v) is 8.16. The van der Waals surface area contributed by atoms with Gasteiger partial charge >= 0.3 is 5.97 Å². The molecule has 0 radical (unpaired) electrons. The van der Waals surface area contributed by atoms with Crippen molar-refractivity contribution in [2.75, 3.05) is 13.2 Å². The minimum Gasteiger partial charge on any atom is -0.492 e. The molecule has 29 heavy (non-hydrogen) atoms. The molecular formula is C22H31ClO5S. The zero-order chi connectivity index (χ0) is 22.2. The molecule has 0 spiro atoms. The van der Waals surface area contributed by atoms with Gasteiger partial charge in [0.25, 0.3) is 0 Å². The Morgan fingerprint density at radius 3 is 2.38 bits per heavy atom. The van der Waals surface area contributed by atoms with Gasteiger partial charge in [-0.15, -0.1) is 0 Å². The Morgan fingerprint density at radius 2 is 1.90 bits per heavy atom. The quantitative estimate of drug-likeness (QED) is 0.193. The number of rotatable bonds is 10. The predicted molar refractivity (Wildman–Crippen MR) is 120 cm³/mol. The van der Waals surface area contributed by atoms with Gasteiger partial charge in [0, 0.05) is 13.3 Å². The maximum Gasteiger partial charge on any atom is 0.305 e. The third kappa shape index (κ3) is 13.9. The first-order valence-corrected chi connectivity index (χ1v) is 10.9. The van der Waals surface area contributed by atoms with Crippen molar-refractivity contribution >= 4 is 46.8 Å². The van der Waals surface area contributed by atoms with Crippen LogP contribution in [0.2, 0.25) is 5.02 Å². The van der Waals surface area contributed by atoms with Crippen molar-refractivity contribution in [2.45, 2.75) is 53.9 Å². The molecule has 0 N–H and O–H groups in total. The summed E-state index contributed by atoms with van der Waals surface area (Å²) in [6, 6.07) is 5.06. The highest BCUT2D eigenvalue weighted by atomic mass is 35.5. The highest BCUT2D eigenvalue weighted by Crippen LogP contribution is 2.27. The molecule has 0 amide bonds. The zero-order valence-corrected chi connectivity index (χ0v) is 19.4. The van der Waals surface area contributed by atoms with Gasteiger partial charge < -0.3 is 9.47 Å². The number of thioether (sulfide) groups is 1. The topological polar surface area (TPSA) is 69.7 Å². The number of aldehydes is 1. The fraction of sp³-hybridized carbons (Fsp3) is 0.500. The molecule has 7 heteroatoms. The summed E-state index contributed by atoms with van der Waals surface area (Å²) in [6.07, 6.45) is 4.33. The van der Waals surface area contributed by atoms with Crippen LogP contribution in [0.15, 0.2) is 23.1 Å². The minimum atomic E-state index is -0.253. The molecule has 1 aromatic carbocycles. The van der Waals surface area contributed by atoms with Gasteiger partial charge in [0.2, 0.25) is 0 Å². The largest absolute Gasteiger partial charge is 0.492 e. The number of benzene rings is 1. The standard InChI is InChI=1S/C17H19ClO5S.C5H12/c1-3-22-17(21)5-4-8-23-16-7-6-13(10-15(16)18)9-14(11-19)24-12(2)20;1-4-5(2)3/h6-7,9-11H,3-5,8H2,1-2H3;5H,4H2,1-3H3/b14-9-;. The van der Waals surface area contributed by atoms with Gasteiger partial charge in [0.1, 0.15) is 5.75 Å². The Morgan fingerprint density at radius 1 is 1.24 bits per heavy atom. The molecule has 0 fully saturated rings. The minimum absolute atomic E-state index is 0.166. The molecule has 1 rings (SSSR count). The SMILES string of the molecule is CCC(C)C.CCOC(=O)CCCOc1ccc(/C=C(/C=O)SC(C)=O)cc1Cl. The highest BCUT2D eigenvalue weighted by Gasteiger charge is 2.06. The number of esters is 1. The molecule has 5 nitrogen and oxygen atoms in total. The summed E-state index contributed by atoms with van der Waals surface area (Å²) in [5.74, 6) is 1.12. The van der Waals surface area contributed by atoms with Crippen LogP contribution in [0, 0.1) is 5.92 Å². The Hall–Kier alpha value is -1.79. The molecular weight excluding hydrogens is 412 g/mol. The Kier molecular flexibility index (Phi) is 15.1. The summed E-state index contributed by atoms with van der Waals surface area (Å²) in [4.78, 5) is 33.5. The van der Waals surface area contributed by atoms with Crippen LogP contribution in [-0.4, -0.2) is 30.6 Å². The van der Waals surface area contributed by atoms with E-state index >= 15 is 0 Å². The first kappa shape index (κ1) is 27.2. The molecule has 0 unspecified atom stereocenters. The molecule has 0 aliphatic rings. The molecule has 0 saturated carbocycles. The summed E-state index contributed by atoms with van der Waals surface area (Å²) in [7, 11) is 0. The number of hydrogen-bond acceptors (Lipinski definition) is 6. The van der Waals surface area contributed by atoms with Gasteiger partial charge in [-0.1, -0.05) is 44.9 Å². The van der Waals surface area contributed by atoms with Crippen molar-refractivity contribution in [2.24, 2.45) is 5.92 Å². The van der Waals surface area contributed by atoms with Gasteiger partial charge in [0.15, 0.2) is 11.4 Å². The molecule has 0 aliphatic heterocycles. The van der Waals surface area contributed by atoms with Gasteiger partial charge in [-0.05, 0) is 54.8 Å². The van der Waals surface area contributed by atoms with Crippen molar-refractivity contribution < 1.29 is 23.9 Å². The summed E-state index contributed by atoms with van der Waals surface area (Å²) in [5, 5.41) is 0.221. The average molecular weight is 443 g/mol. The van der Waals surface area contributed by atoms with E-state index < -0.39 is 0 Å². The maximum atomic E-state index is 11.2. The van der Waals surface area contributed by atoms with Crippen molar-refractivity contribution in [3.63, 3.8) is 0 Å². The predicted octanol–water partition coefficient (Wildman–Crippen LogP) is 5.93. The zero-order valence-electron chi connectivity index (χ0n) is 17.8. The van der Waals surface area contributed by atoms with E-state index in [0.29, 0.717) is 47.2 Å². The van der Waals surface area contributed by atoms with E-state index in [4.69, 9.17) is 21.1 Å². The smallest absolute Gasteiger partial charge is 0.305 e. The third-order valence-corrected chi connectivity index (χ3v) is 4.58. The van der Waals surface area contributed by atoms with E-state index in [2.05, 4.69) is 20.8 Å². The van der Waals surface area contributed by atoms with Crippen LogP contribution in [0.3, 0.4) is 0 Å². The summed E-state index contributed by atoms with van der Waals surface area (Å²) >= 11 is 7.01. The van der Waals surface area contributed by atoms with Gasteiger partial charge in [-0.3, -0.25) is 14.4 Å². The van der Waals surface area contributed by atoms with Crippen LogP contribution in [0.1, 0.15) is 59.4 Å². The van der Waals surface area contributed by atoms with E-state index in [-0.39, 0.29) is 17.5 Å². The van der Waals surface area contributed by atoms with Gasteiger partial charge in [-0.2, -0.15) is 0 Å². The van der Waals surface area contributed by atoms with Crippen LogP contribution in [0.25, 0.3) is 6.08 Å². The van der Waals surface area contributed by atoms with Crippen LogP contribution in [-0.2, 0) is 19.1 Å². The lowest BCUT2D eigenvalue weighted by atomic mass is 10.2. The Labute approximate surface area is 183 Å². The first-order valence-electron chi connectivity index (χ1n) is 9.66. The van der Waals surface area contributed by atoms with E-state index in [0.717, 1.165) is 17.7 Å². The summed E-state index contributed by atoms with van der Waals surface area (Å²) in [5.41, 5.74) is 0.690. The normalized spacial score (nSPS) is 10.8. The lowest BCUT2D eigenvalue weighted by Gasteiger charge is -2.08. The van der Waals surface area contributed by atoms with Crippen molar-refractivity contribution in [1.29, 1.82) is 0 Å². The fourth-order valence-electron chi connectivity index (χ4n) is 1.77. The monoisotopic (exact) mass is 442 g/mol. The fourth-order valence-corrected chi connectivity index (χ4v) is 2.59. The second kappa shape index (κ2) is 16.1. The van der Waals surface area contributed by atoms with Gasteiger partial charge in [-0.25, -0.2) is 0 Å². The van der Waals surface area contributed by atoms with Crippen LogP contribution in [0.5, 0.6) is 5.75 Å². The summed E-state index contributed by atoms with van der Waals surface area (Å²) in [6.45, 7) is 10.5. The molecule has 0 aliphatic carbocycles. The Balaban J connectivity index is 0.00000139. The van der Waals surface area contributed by atoms with Crippen LogP contribution >= 0.6 is 23.4 Å². The van der Waals surface area contributed by atoms with E-state index in [9.17, 15) is 14.4 Å². The molecule has 0 saturated heterocycles. The van der Waals surface area contributed by atoms with Crippen molar-refractivity contribution in [1.82, 2.24) is 0 Å². The van der Waals surface area contributed by atoms with E-state index in [1.807, 2.05) is 0 Å². The highest BCUT2D eigenvalue weighted by molar-refractivity contribution is 8.17. The number of hydrogen-bond donors (Lipinski definition) is 0. The molecule has 0 bridgehead atoms. The number of carbonyl (C=O) groups is 3. The molecule has 1 aromatic rings. The first-order chi connectivity index (χ1) is 13.7. The van der Waals surface area contributed by atoms with E-state index in [1.165, 1.54) is 13.3 Å². The van der Waals surface area contributed by atoms with Crippen LogP contribution < -0.4 is 4.74 Å². The lowest BCUT2D eigenvalue weighted by molar-refractivity contribution is -0.143. The summed E-state index contributed by atoms with van der Waals surface area (Å²) < 4.78 is 10.4. The average Bonchev–Trinajstić information content (AvgIpc) is 2.66. The van der Waals surface area contributed by atoms with E-state index in [1.54, 1.807) is 31.2 Å². The number of ether oxygens (including phenoxy) is 2. The van der Waals surface area contributed by atoms with Crippen LogP contribution in [0.4, 0.5) is 0 Å². The molecule has 162 valence electrons. The number of allylic oxidation sites excluding steroid dienone is 1. The number of halogens is 1. The molecule has 0 aromatic heterocycles. The maximum absolute atomic E-state index is 11.2.